The third-order valence-electron chi connectivity index (χ3n) is 2.09. The Morgan fingerprint density at radius 3 is 2.62 bits per heavy atom. The van der Waals surface area contributed by atoms with E-state index in [1.165, 1.54) is 0 Å². The molecule has 0 aromatic carbocycles. The van der Waals surface area contributed by atoms with Crippen LogP contribution in [0.5, 0.6) is 0 Å². The summed E-state index contributed by atoms with van der Waals surface area (Å²) in [4.78, 5) is 3.91. The van der Waals surface area contributed by atoms with Gasteiger partial charge in [-0.25, -0.2) is 5.84 Å². The topological polar surface area (TPSA) is 79.5 Å². The lowest BCUT2D eigenvalue weighted by atomic mass is 10.2. The molecule has 76 valence electrons. The molecule has 0 atom stereocenters. The fraction of sp³-hybridized carbons (Fsp3) is 0.857. The number of guanidine groups is 1. The van der Waals surface area contributed by atoms with Gasteiger partial charge in [0.15, 0.2) is 0 Å². The quantitative estimate of drug-likeness (QED) is 0.220. The highest BCUT2D eigenvalue weighted by Gasteiger charge is 2.17. The lowest BCUT2D eigenvalue weighted by molar-refractivity contribution is 0.543. The zero-order valence-electron chi connectivity index (χ0n) is 7.75. The largest absolute Gasteiger partial charge is 0.353 e. The van der Waals surface area contributed by atoms with E-state index in [1.807, 2.05) is 0 Å². The molecule has 6 heteroatoms. The molecule has 0 aromatic heterocycles. The second kappa shape index (κ2) is 5.18. The van der Waals surface area contributed by atoms with E-state index in [1.54, 1.807) is 7.05 Å². The molecular formula is C7H16N4OS. The summed E-state index contributed by atoms with van der Waals surface area (Å²) in [5.41, 5.74) is 2.47. The SMILES string of the molecule is CN=C(NN)NC1CCS(=O)CC1. The number of hydrogen-bond acceptors (Lipinski definition) is 3. The number of nitrogens with one attached hydrogen (secondary N) is 2. The molecule has 5 nitrogen and oxygen atoms in total. The van der Waals surface area contributed by atoms with Gasteiger partial charge in [0.05, 0.1) is 0 Å². The van der Waals surface area contributed by atoms with Crippen molar-refractivity contribution in [1.82, 2.24) is 10.7 Å². The zero-order valence-corrected chi connectivity index (χ0v) is 8.56. The maximum atomic E-state index is 11.0. The molecule has 1 heterocycles. The number of hydrogen-bond donors (Lipinski definition) is 3. The minimum absolute atomic E-state index is 0.354. The van der Waals surface area contributed by atoms with Crippen LogP contribution >= 0.6 is 0 Å². The molecular weight excluding hydrogens is 188 g/mol. The van der Waals surface area contributed by atoms with Crippen LogP contribution in [0.25, 0.3) is 0 Å². The molecule has 0 aliphatic carbocycles. The maximum Gasteiger partial charge on any atom is 0.205 e. The second-order valence-corrected chi connectivity index (χ2v) is 4.68. The standard InChI is InChI=1S/C7H16N4OS/c1-9-7(11-8)10-6-2-4-13(12)5-3-6/h6H,2-5,8H2,1H3,(H2,9,10,11). The molecule has 0 amide bonds. The van der Waals surface area contributed by atoms with Crippen molar-refractivity contribution in [2.75, 3.05) is 18.6 Å². The van der Waals surface area contributed by atoms with Gasteiger partial charge in [0.1, 0.15) is 0 Å². The summed E-state index contributed by atoms with van der Waals surface area (Å²) in [6.45, 7) is 0. The summed E-state index contributed by atoms with van der Waals surface area (Å²) in [5, 5.41) is 3.16. The van der Waals surface area contributed by atoms with Crippen molar-refractivity contribution in [3.63, 3.8) is 0 Å². The first-order chi connectivity index (χ1) is 6.26. The van der Waals surface area contributed by atoms with Crippen LogP contribution in [-0.4, -0.2) is 34.8 Å². The second-order valence-electron chi connectivity index (χ2n) is 2.98. The van der Waals surface area contributed by atoms with Gasteiger partial charge in [-0.2, -0.15) is 0 Å². The van der Waals surface area contributed by atoms with E-state index in [9.17, 15) is 4.21 Å². The Balaban J connectivity index is 2.33. The molecule has 0 spiro atoms. The summed E-state index contributed by atoms with van der Waals surface area (Å²) in [6, 6.07) is 0.354. The Hall–Kier alpha value is -0.620. The van der Waals surface area contributed by atoms with Crippen LogP contribution in [-0.2, 0) is 10.8 Å². The van der Waals surface area contributed by atoms with Gasteiger partial charge < -0.3 is 5.32 Å². The Labute approximate surface area is 80.6 Å². The van der Waals surface area contributed by atoms with E-state index >= 15 is 0 Å². The van der Waals surface area contributed by atoms with E-state index in [-0.39, 0.29) is 0 Å². The summed E-state index contributed by atoms with van der Waals surface area (Å²) in [7, 11) is 1.06. The van der Waals surface area contributed by atoms with Crippen LogP contribution in [0.4, 0.5) is 0 Å². The number of rotatable bonds is 1. The Morgan fingerprint density at radius 2 is 2.15 bits per heavy atom. The van der Waals surface area contributed by atoms with Gasteiger partial charge in [0.25, 0.3) is 0 Å². The highest BCUT2D eigenvalue weighted by atomic mass is 32.2. The molecule has 1 saturated heterocycles. The van der Waals surface area contributed by atoms with Crippen LogP contribution in [0.15, 0.2) is 4.99 Å². The van der Waals surface area contributed by atoms with Crippen molar-refractivity contribution in [3.8, 4) is 0 Å². The summed E-state index contributed by atoms with van der Waals surface area (Å²) in [6.07, 6.45) is 1.85. The number of hydrazine groups is 1. The van der Waals surface area contributed by atoms with Gasteiger partial charge in [-0.05, 0) is 12.8 Å². The van der Waals surface area contributed by atoms with Gasteiger partial charge in [-0.1, -0.05) is 0 Å². The Bertz CT molecular complexity index is 209. The molecule has 0 radical (unpaired) electrons. The van der Waals surface area contributed by atoms with Gasteiger partial charge in [0.2, 0.25) is 5.96 Å². The fourth-order valence-electron chi connectivity index (χ4n) is 1.30. The lowest BCUT2D eigenvalue weighted by Crippen LogP contribution is -2.48. The predicted molar refractivity (Wildman–Crippen MR) is 54.7 cm³/mol. The third kappa shape index (κ3) is 3.31. The van der Waals surface area contributed by atoms with E-state index in [2.05, 4.69) is 15.7 Å². The maximum absolute atomic E-state index is 11.0. The van der Waals surface area contributed by atoms with Gasteiger partial charge in [-0.15, -0.1) is 0 Å². The molecule has 0 aromatic rings. The molecule has 1 aliphatic rings. The average Bonchev–Trinajstić information content (AvgIpc) is 2.17. The van der Waals surface area contributed by atoms with Crippen LogP contribution in [0.3, 0.4) is 0 Å². The van der Waals surface area contributed by atoms with Gasteiger partial charge >= 0.3 is 0 Å². The first-order valence-corrected chi connectivity index (χ1v) is 5.80. The van der Waals surface area contributed by atoms with E-state index in [4.69, 9.17) is 5.84 Å². The Morgan fingerprint density at radius 1 is 1.54 bits per heavy atom. The molecule has 1 rings (SSSR count). The normalized spacial score (nSPS) is 29.8. The van der Waals surface area contributed by atoms with Crippen LogP contribution in [0, 0.1) is 0 Å². The molecule has 1 fully saturated rings. The summed E-state index contributed by atoms with van der Waals surface area (Å²) < 4.78 is 11.0. The minimum atomic E-state index is -0.611. The first-order valence-electron chi connectivity index (χ1n) is 4.31. The van der Waals surface area contributed by atoms with Crippen molar-refractivity contribution in [3.05, 3.63) is 0 Å². The highest BCUT2D eigenvalue weighted by molar-refractivity contribution is 7.85. The number of aliphatic imine (C=N–C) groups is 1. The molecule has 13 heavy (non-hydrogen) atoms. The highest BCUT2D eigenvalue weighted by Crippen LogP contribution is 2.08. The summed E-state index contributed by atoms with van der Waals surface area (Å²) in [5.74, 6) is 7.37. The van der Waals surface area contributed by atoms with E-state index < -0.39 is 10.8 Å². The third-order valence-corrected chi connectivity index (χ3v) is 3.47. The van der Waals surface area contributed by atoms with E-state index in [0.29, 0.717) is 12.0 Å². The minimum Gasteiger partial charge on any atom is -0.353 e. The van der Waals surface area contributed by atoms with Crippen LogP contribution in [0.1, 0.15) is 12.8 Å². The smallest absolute Gasteiger partial charge is 0.205 e. The van der Waals surface area contributed by atoms with Crippen molar-refractivity contribution in [2.45, 2.75) is 18.9 Å². The first kappa shape index (κ1) is 10.5. The molecule has 0 bridgehead atoms. The average molecular weight is 204 g/mol. The van der Waals surface area contributed by atoms with Crippen LogP contribution < -0.4 is 16.6 Å². The van der Waals surface area contributed by atoms with Crippen molar-refractivity contribution < 1.29 is 4.21 Å². The van der Waals surface area contributed by atoms with Gasteiger partial charge in [-0.3, -0.25) is 14.6 Å². The van der Waals surface area contributed by atoms with Crippen molar-refractivity contribution in [2.24, 2.45) is 10.8 Å². The number of nitrogens with zero attached hydrogens (tertiary/aromatic N) is 1. The molecule has 0 saturated carbocycles. The fourth-order valence-corrected chi connectivity index (χ4v) is 2.60. The predicted octanol–water partition coefficient (Wildman–Crippen LogP) is -1.06. The van der Waals surface area contributed by atoms with Crippen molar-refractivity contribution in [1.29, 1.82) is 0 Å². The number of nitrogens with two attached hydrogens (primary N) is 1. The summed E-state index contributed by atoms with van der Waals surface area (Å²) >= 11 is 0. The zero-order chi connectivity index (χ0) is 9.68. The molecule has 0 unspecified atom stereocenters. The van der Waals surface area contributed by atoms with E-state index in [0.717, 1.165) is 24.3 Å². The molecule has 4 N–H and O–H groups in total. The molecule has 1 aliphatic heterocycles. The van der Waals surface area contributed by atoms with Crippen LogP contribution in [0.2, 0.25) is 0 Å². The van der Waals surface area contributed by atoms with Gasteiger partial charge in [0, 0.05) is 35.4 Å². The van der Waals surface area contributed by atoms with Crippen molar-refractivity contribution >= 4 is 16.8 Å². The lowest BCUT2D eigenvalue weighted by Gasteiger charge is -2.23. The Kier molecular flexibility index (Phi) is 4.17. The monoisotopic (exact) mass is 204 g/mol.